The Balaban J connectivity index is 2.08. The van der Waals surface area contributed by atoms with Crippen LogP contribution in [-0.4, -0.2) is 50.4 Å². The van der Waals surface area contributed by atoms with Gasteiger partial charge in [0, 0.05) is 33.5 Å². The van der Waals surface area contributed by atoms with Crippen LogP contribution >= 0.6 is 0 Å². The van der Waals surface area contributed by atoms with Crippen LogP contribution in [0.5, 0.6) is 0 Å². The molecule has 5 nitrogen and oxygen atoms in total. The van der Waals surface area contributed by atoms with E-state index < -0.39 is 0 Å². The maximum atomic E-state index is 11.5. The first-order valence-corrected chi connectivity index (χ1v) is 5.77. The number of carbonyl (C=O) groups is 2. The highest BCUT2D eigenvalue weighted by Crippen LogP contribution is 2.11. The zero-order chi connectivity index (χ0) is 12.0. The van der Waals surface area contributed by atoms with Crippen LogP contribution in [0.2, 0.25) is 0 Å². The highest BCUT2D eigenvalue weighted by Gasteiger charge is 2.17. The zero-order valence-electron chi connectivity index (χ0n) is 10.1. The van der Waals surface area contributed by atoms with Crippen molar-refractivity contribution in [2.45, 2.75) is 19.3 Å². The summed E-state index contributed by atoms with van der Waals surface area (Å²) in [6.07, 6.45) is 2.02. The molecule has 5 heteroatoms. The minimum atomic E-state index is 0.0443. The monoisotopic (exact) mass is 227 g/mol. The van der Waals surface area contributed by atoms with E-state index in [4.69, 9.17) is 0 Å². The third kappa shape index (κ3) is 4.61. The van der Waals surface area contributed by atoms with Crippen LogP contribution < -0.4 is 10.6 Å². The molecular formula is C11H21N3O2. The predicted octanol–water partition coefficient (Wildman–Crippen LogP) is -0.419. The largest absolute Gasteiger partial charge is 0.356 e. The Hall–Kier alpha value is -1.10. The van der Waals surface area contributed by atoms with Gasteiger partial charge in [-0.1, -0.05) is 0 Å². The van der Waals surface area contributed by atoms with Crippen molar-refractivity contribution in [3.8, 4) is 0 Å². The normalized spacial score (nSPS) is 19.5. The van der Waals surface area contributed by atoms with E-state index in [1.165, 1.54) is 4.90 Å². The Bertz CT molecular complexity index is 248. The van der Waals surface area contributed by atoms with Crippen LogP contribution in [0, 0.1) is 5.92 Å². The zero-order valence-corrected chi connectivity index (χ0v) is 10.1. The Morgan fingerprint density at radius 1 is 1.44 bits per heavy atom. The maximum Gasteiger partial charge on any atom is 0.223 e. The molecule has 0 aromatic rings. The highest BCUT2D eigenvalue weighted by atomic mass is 16.2. The topological polar surface area (TPSA) is 61.4 Å². The molecular weight excluding hydrogens is 206 g/mol. The molecule has 0 spiro atoms. The number of hydrogen-bond donors (Lipinski definition) is 2. The molecule has 0 aromatic heterocycles. The minimum absolute atomic E-state index is 0.0443. The van der Waals surface area contributed by atoms with Gasteiger partial charge in [0.05, 0.1) is 0 Å². The standard InChI is InChI=1S/C11H21N3O2/c1-14(2)11(16)4-6-13-10(15)7-9-3-5-12-8-9/h9,12H,3-8H2,1-2H3,(H,13,15). The molecule has 1 unspecified atom stereocenters. The molecule has 2 N–H and O–H groups in total. The van der Waals surface area contributed by atoms with Crippen LogP contribution in [0.25, 0.3) is 0 Å². The molecule has 1 atom stereocenters. The Morgan fingerprint density at radius 2 is 2.19 bits per heavy atom. The second-order valence-electron chi connectivity index (χ2n) is 4.45. The van der Waals surface area contributed by atoms with E-state index in [-0.39, 0.29) is 11.8 Å². The lowest BCUT2D eigenvalue weighted by Gasteiger charge is -2.11. The van der Waals surface area contributed by atoms with Crippen molar-refractivity contribution in [1.82, 2.24) is 15.5 Å². The summed E-state index contributed by atoms with van der Waals surface area (Å²) in [6, 6.07) is 0. The molecule has 1 aliphatic heterocycles. The molecule has 0 saturated carbocycles. The molecule has 16 heavy (non-hydrogen) atoms. The summed E-state index contributed by atoms with van der Waals surface area (Å²) >= 11 is 0. The second-order valence-corrected chi connectivity index (χ2v) is 4.45. The quantitative estimate of drug-likeness (QED) is 0.670. The van der Waals surface area contributed by atoms with E-state index in [9.17, 15) is 9.59 Å². The fraction of sp³-hybridized carbons (Fsp3) is 0.818. The molecule has 0 bridgehead atoms. The molecule has 1 heterocycles. The minimum Gasteiger partial charge on any atom is -0.356 e. The second kappa shape index (κ2) is 6.48. The van der Waals surface area contributed by atoms with Gasteiger partial charge in [-0.2, -0.15) is 0 Å². The third-order valence-electron chi connectivity index (χ3n) is 2.80. The predicted molar refractivity (Wildman–Crippen MR) is 61.9 cm³/mol. The highest BCUT2D eigenvalue weighted by molar-refractivity contribution is 5.78. The van der Waals surface area contributed by atoms with Crippen LogP contribution in [0.3, 0.4) is 0 Å². The first kappa shape index (κ1) is 13.0. The molecule has 2 amide bonds. The Labute approximate surface area is 96.6 Å². The van der Waals surface area contributed by atoms with Crippen LogP contribution in [0.1, 0.15) is 19.3 Å². The van der Waals surface area contributed by atoms with E-state index >= 15 is 0 Å². The van der Waals surface area contributed by atoms with E-state index in [0.29, 0.717) is 25.3 Å². The SMILES string of the molecule is CN(C)C(=O)CCNC(=O)CC1CCNC1. The van der Waals surface area contributed by atoms with Gasteiger partial charge in [-0.15, -0.1) is 0 Å². The van der Waals surface area contributed by atoms with Gasteiger partial charge in [-0.05, 0) is 25.4 Å². The number of carbonyl (C=O) groups excluding carboxylic acids is 2. The van der Waals surface area contributed by atoms with E-state index in [1.54, 1.807) is 14.1 Å². The number of nitrogens with one attached hydrogen (secondary N) is 2. The van der Waals surface area contributed by atoms with Gasteiger partial charge in [-0.3, -0.25) is 9.59 Å². The van der Waals surface area contributed by atoms with Crippen molar-refractivity contribution in [1.29, 1.82) is 0 Å². The molecule has 1 aliphatic rings. The number of amides is 2. The molecule has 1 fully saturated rings. The summed E-state index contributed by atoms with van der Waals surface area (Å²) in [5.74, 6) is 0.563. The van der Waals surface area contributed by atoms with E-state index in [2.05, 4.69) is 10.6 Å². The maximum absolute atomic E-state index is 11.5. The fourth-order valence-electron chi connectivity index (χ4n) is 1.76. The van der Waals surface area contributed by atoms with Crippen LogP contribution in [0.15, 0.2) is 0 Å². The van der Waals surface area contributed by atoms with Gasteiger partial charge in [-0.25, -0.2) is 0 Å². The number of hydrogen-bond acceptors (Lipinski definition) is 3. The smallest absolute Gasteiger partial charge is 0.223 e. The van der Waals surface area contributed by atoms with E-state index in [0.717, 1.165) is 19.5 Å². The van der Waals surface area contributed by atoms with Crippen molar-refractivity contribution < 1.29 is 9.59 Å². The van der Waals surface area contributed by atoms with Crippen molar-refractivity contribution >= 4 is 11.8 Å². The first-order chi connectivity index (χ1) is 7.59. The fourth-order valence-corrected chi connectivity index (χ4v) is 1.76. The number of nitrogens with zero attached hydrogens (tertiary/aromatic N) is 1. The molecule has 0 radical (unpaired) electrons. The molecule has 1 rings (SSSR count). The van der Waals surface area contributed by atoms with Gasteiger partial charge in [0.2, 0.25) is 11.8 Å². The van der Waals surface area contributed by atoms with Crippen molar-refractivity contribution in [3.63, 3.8) is 0 Å². The lowest BCUT2D eigenvalue weighted by atomic mass is 10.0. The van der Waals surface area contributed by atoms with Crippen molar-refractivity contribution in [3.05, 3.63) is 0 Å². The van der Waals surface area contributed by atoms with Gasteiger partial charge in [0.1, 0.15) is 0 Å². The number of rotatable bonds is 5. The van der Waals surface area contributed by atoms with Crippen molar-refractivity contribution in [2.24, 2.45) is 5.92 Å². The average Bonchev–Trinajstić information content (AvgIpc) is 2.70. The summed E-state index contributed by atoms with van der Waals surface area (Å²) < 4.78 is 0. The first-order valence-electron chi connectivity index (χ1n) is 5.77. The van der Waals surface area contributed by atoms with Gasteiger partial charge >= 0.3 is 0 Å². The summed E-state index contributed by atoms with van der Waals surface area (Å²) in [5, 5.41) is 6.01. The summed E-state index contributed by atoms with van der Waals surface area (Å²) in [7, 11) is 3.43. The van der Waals surface area contributed by atoms with Gasteiger partial charge < -0.3 is 15.5 Å². The summed E-state index contributed by atoms with van der Waals surface area (Å²) in [6.45, 7) is 2.39. The molecule has 0 aliphatic carbocycles. The van der Waals surface area contributed by atoms with Crippen molar-refractivity contribution in [2.75, 3.05) is 33.7 Å². The van der Waals surface area contributed by atoms with Gasteiger partial charge in [0.15, 0.2) is 0 Å². The Kier molecular flexibility index (Phi) is 5.25. The van der Waals surface area contributed by atoms with Crippen LogP contribution in [-0.2, 0) is 9.59 Å². The van der Waals surface area contributed by atoms with E-state index in [1.807, 2.05) is 0 Å². The van der Waals surface area contributed by atoms with Crippen LogP contribution in [0.4, 0.5) is 0 Å². The average molecular weight is 227 g/mol. The van der Waals surface area contributed by atoms with Gasteiger partial charge in [0.25, 0.3) is 0 Å². The lowest BCUT2D eigenvalue weighted by molar-refractivity contribution is -0.128. The third-order valence-corrected chi connectivity index (χ3v) is 2.80. The lowest BCUT2D eigenvalue weighted by Crippen LogP contribution is -2.31. The molecule has 0 aromatic carbocycles. The molecule has 1 saturated heterocycles. The summed E-state index contributed by atoms with van der Waals surface area (Å²) in [4.78, 5) is 24.3. The Morgan fingerprint density at radius 3 is 2.75 bits per heavy atom. The molecule has 92 valence electrons. The summed E-state index contributed by atoms with van der Waals surface area (Å²) in [5.41, 5.74) is 0.